The van der Waals surface area contributed by atoms with E-state index in [0.29, 0.717) is 4.90 Å². The molecule has 0 bridgehead atoms. The molecule has 0 aliphatic rings. The first-order chi connectivity index (χ1) is 13.1. The molecule has 4 rings (SSSR count). The van der Waals surface area contributed by atoms with Crippen molar-refractivity contribution in [3.8, 4) is 5.82 Å². The second-order valence-electron chi connectivity index (χ2n) is 5.95. The van der Waals surface area contributed by atoms with Gasteiger partial charge in [0.25, 0.3) is 0 Å². The fourth-order valence-electron chi connectivity index (χ4n) is 2.70. The molecular weight excluding hydrogens is 358 g/mol. The molecule has 1 radical (unpaired) electrons. The first-order valence-electron chi connectivity index (χ1n) is 8.32. The summed E-state index contributed by atoms with van der Waals surface area (Å²) >= 11 is 0. The van der Waals surface area contributed by atoms with E-state index in [-0.39, 0.29) is 4.90 Å². The summed E-state index contributed by atoms with van der Waals surface area (Å²) in [5.41, 5.74) is 1.83. The molecule has 0 unspecified atom stereocenters. The molecule has 0 aliphatic heterocycles. The van der Waals surface area contributed by atoms with E-state index < -0.39 is 9.84 Å². The van der Waals surface area contributed by atoms with E-state index in [1.54, 1.807) is 73.3 Å². The third-order valence-electron chi connectivity index (χ3n) is 4.12. The molecule has 0 saturated heterocycles. The van der Waals surface area contributed by atoms with Gasteiger partial charge in [-0.15, -0.1) is 0 Å². The van der Waals surface area contributed by atoms with Crippen molar-refractivity contribution in [2.45, 2.75) is 9.79 Å². The minimum absolute atomic E-state index is 0.277. The van der Waals surface area contributed by atoms with Crippen molar-refractivity contribution in [3.05, 3.63) is 109 Å². The first-order valence-corrected chi connectivity index (χ1v) is 9.81. The van der Waals surface area contributed by atoms with Gasteiger partial charge in [0.15, 0.2) is 0 Å². The number of hydrogen-bond acceptors (Lipinski definition) is 4. The fourth-order valence-corrected chi connectivity index (χ4v) is 3.98. The number of sulfone groups is 1. The highest BCUT2D eigenvalue weighted by Gasteiger charge is 2.16. The minimum atomic E-state index is -3.49. The minimum Gasteiger partial charge on any atom is -0.291 e. The zero-order valence-electron chi connectivity index (χ0n) is 14.3. The van der Waals surface area contributed by atoms with Crippen molar-refractivity contribution >= 4 is 9.84 Å². The second-order valence-corrected chi connectivity index (χ2v) is 7.90. The maximum Gasteiger partial charge on any atom is 0.206 e. The van der Waals surface area contributed by atoms with Gasteiger partial charge in [-0.3, -0.25) is 4.57 Å². The Kier molecular flexibility index (Phi) is 4.56. The third kappa shape index (κ3) is 3.66. The number of benzene rings is 2. The van der Waals surface area contributed by atoms with E-state index >= 15 is 0 Å². The molecule has 133 valence electrons. The van der Waals surface area contributed by atoms with Crippen LogP contribution >= 0.6 is 0 Å². The van der Waals surface area contributed by atoms with E-state index in [0.717, 1.165) is 16.9 Å². The van der Waals surface area contributed by atoms with Crippen LogP contribution in [0, 0.1) is 6.42 Å². The number of hydrogen-bond donors (Lipinski definition) is 0. The highest BCUT2D eigenvalue weighted by atomic mass is 32.2. The number of nitrogens with zero attached hydrogens (tertiary/aromatic N) is 3. The van der Waals surface area contributed by atoms with Crippen molar-refractivity contribution in [3.63, 3.8) is 0 Å². The van der Waals surface area contributed by atoms with E-state index in [1.807, 2.05) is 29.3 Å². The molecule has 0 aliphatic carbocycles. The van der Waals surface area contributed by atoms with Gasteiger partial charge in [-0.25, -0.2) is 18.4 Å². The molecule has 6 heteroatoms. The van der Waals surface area contributed by atoms with Crippen LogP contribution in [0.25, 0.3) is 5.82 Å². The van der Waals surface area contributed by atoms with Crippen LogP contribution in [0.5, 0.6) is 0 Å². The predicted octanol–water partition coefficient (Wildman–Crippen LogP) is 3.70. The molecule has 0 N–H and O–H groups in total. The molecule has 2 heterocycles. The standard InChI is InChI=1S/C21H16N3O2S/c25-27(26,19-4-2-1-3-5-19)20-9-6-17(7-10-20)14-18-8-11-21(23-15-18)24-13-12-22-16-24/h1-16H. The highest BCUT2D eigenvalue weighted by molar-refractivity contribution is 7.91. The lowest BCUT2D eigenvalue weighted by Gasteiger charge is -2.07. The van der Waals surface area contributed by atoms with Crippen LogP contribution in [0.4, 0.5) is 0 Å². The van der Waals surface area contributed by atoms with Gasteiger partial charge in [0.1, 0.15) is 12.1 Å². The molecular formula is C21H16N3O2S. The smallest absolute Gasteiger partial charge is 0.206 e. The Morgan fingerprint density at radius 1 is 0.815 bits per heavy atom. The van der Waals surface area contributed by atoms with Gasteiger partial charge < -0.3 is 0 Å². The van der Waals surface area contributed by atoms with Gasteiger partial charge in [0.05, 0.1) is 9.79 Å². The van der Waals surface area contributed by atoms with E-state index in [2.05, 4.69) is 9.97 Å². The van der Waals surface area contributed by atoms with Crippen LogP contribution in [0.1, 0.15) is 11.1 Å². The van der Waals surface area contributed by atoms with Crippen LogP contribution in [0.15, 0.2) is 101 Å². The largest absolute Gasteiger partial charge is 0.291 e. The average molecular weight is 374 g/mol. The topological polar surface area (TPSA) is 64.8 Å². The number of aromatic nitrogens is 3. The quantitative estimate of drug-likeness (QED) is 0.534. The predicted molar refractivity (Wildman–Crippen MR) is 102 cm³/mol. The number of pyridine rings is 1. The van der Waals surface area contributed by atoms with Crippen LogP contribution in [0.2, 0.25) is 0 Å². The van der Waals surface area contributed by atoms with Crippen LogP contribution in [-0.4, -0.2) is 23.0 Å². The van der Waals surface area contributed by atoms with Gasteiger partial charge >= 0.3 is 0 Å². The number of rotatable bonds is 5. The summed E-state index contributed by atoms with van der Waals surface area (Å²) in [4.78, 5) is 8.98. The molecule has 27 heavy (non-hydrogen) atoms. The summed E-state index contributed by atoms with van der Waals surface area (Å²) in [7, 11) is -3.49. The van der Waals surface area contributed by atoms with E-state index in [9.17, 15) is 8.42 Å². The lowest BCUT2D eigenvalue weighted by molar-refractivity contribution is 0.596. The summed E-state index contributed by atoms with van der Waals surface area (Å²) < 4.78 is 27.1. The molecule has 5 nitrogen and oxygen atoms in total. The van der Waals surface area contributed by atoms with Crippen molar-refractivity contribution in [2.24, 2.45) is 0 Å². The summed E-state index contributed by atoms with van der Waals surface area (Å²) in [6.45, 7) is 0. The summed E-state index contributed by atoms with van der Waals surface area (Å²) in [6, 6.07) is 19.1. The summed E-state index contributed by atoms with van der Waals surface area (Å²) in [5.74, 6) is 0.786. The number of imidazole rings is 1. The van der Waals surface area contributed by atoms with Gasteiger partial charge in [-0.05, 0) is 41.5 Å². The zero-order valence-corrected chi connectivity index (χ0v) is 15.1. The Morgan fingerprint density at radius 3 is 2.15 bits per heavy atom. The molecule has 0 saturated carbocycles. The molecule has 2 aromatic heterocycles. The second kappa shape index (κ2) is 7.17. The lowest BCUT2D eigenvalue weighted by Crippen LogP contribution is -2.01. The van der Waals surface area contributed by atoms with Gasteiger partial charge in [-0.2, -0.15) is 0 Å². The highest BCUT2D eigenvalue weighted by Crippen LogP contribution is 2.22. The average Bonchev–Trinajstić information content (AvgIpc) is 3.25. The van der Waals surface area contributed by atoms with Crippen molar-refractivity contribution in [2.75, 3.05) is 0 Å². The monoisotopic (exact) mass is 374 g/mol. The maximum atomic E-state index is 12.6. The Bertz CT molecular complexity index is 1120. The van der Waals surface area contributed by atoms with Gasteiger partial charge in [-0.1, -0.05) is 36.4 Å². The molecule has 0 amide bonds. The first kappa shape index (κ1) is 17.2. The maximum absolute atomic E-state index is 12.6. The lowest BCUT2D eigenvalue weighted by atomic mass is 10.1. The zero-order chi connectivity index (χ0) is 18.7. The Morgan fingerprint density at radius 2 is 1.52 bits per heavy atom. The Labute approximate surface area is 157 Å². The Balaban J connectivity index is 1.51. The SMILES string of the molecule is O=S(=O)(c1ccccc1)c1ccc([CH]c2ccc(-n3ccnc3)nc2)cc1. The van der Waals surface area contributed by atoms with Crippen LogP contribution < -0.4 is 0 Å². The van der Waals surface area contributed by atoms with Crippen LogP contribution in [0.3, 0.4) is 0 Å². The Hall–Kier alpha value is -3.25. The van der Waals surface area contributed by atoms with Gasteiger partial charge in [0, 0.05) is 25.0 Å². The molecule has 0 fully saturated rings. The summed E-state index contributed by atoms with van der Waals surface area (Å²) in [6.07, 6.45) is 8.94. The van der Waals surface area contributed by atoms with Gasteiger partial charge in [0.2, 0.25) is 9.84 Å². The van der Waals surface area contributed by atoms with E-state index in [4.69, 9.17) is 0 Å². The van der Waals surface area contributed by atoms with Crippen molar-refractivity contribution in [1.82, 2.24) is 14.5 Å². The van der Waals surface area contributed by atoms with E-state index in [1.165, 1.54) is 0 Å². The molecule has 4 aromatic rings. The normalized spacial score (nSPS) is 11.4. The third-order valence-corrected chi connectivity index (χ3v) is 5.90. The summed E-state index contributed by atoms with van der Waals surface area (Å²) in [5, 5.41) is 0. The van der Waals surface area contributed by atoms with Crippen molar-refractivity contribution in [1.29, 1.82) is 0 Å². The molecule has 0 atom stereocenters. The molecule has 0 spiro atoms. The molecule has 2 aromatic carbocycles. The van der Waals surface area contributed by atoms with Crippen molar-refractivity contribution < 1.29 is 8.42 Å². The van der Waals surface area contributed by atoms with Crippen LogP contribution in [-0.2, 0) is 9.84 Å². The fraction of sp³-hybridized carbons (Fsp3) is 0.